The Morgan fingerprint density at radius 3 is 2.67 bits per heavy atom. The summed E-state index contributed by atoms with van der Waals surface area (Å²) in [6.45, 7) is -1.03. The summed E-state index contributed by atoms with van der Waals surface area (Å²) in [5.41, 5.74) is 5.36. The van der Waals surface area contributed by atoms with Gasteiger partial charge in [-0.05, 0) is 0 Å². The Hall–Kier alpha value is -2.03. The van der Waals surface area contributed by atoms with E-state index >= 15 is 0 Å². The summed E-state index contributed by atoms with van der Waals surface area (Å²) in [5.74, 6) is -0.308. The lowest BCUT2D eigenvalue weighted by Crippen LogP contribution is -2.34. The average molecular weight is 261 g/mol. The van der Waals surface area contributed by atoms with Gasteiger partial charge in [0.05, 0.1) is 13.2 Å². The van der Waals surface area contributed by atoms with Gasteiger partial charge in [-0.1, -0.05) is 5.16 Å². The number of aliphatic hydroxyl groups excluding tert-OH is 1. The van der Waals surface area contributed by atoms with Crippen molar-refractivity contribution in [2.75, 3.05) is 24.6 Å². The molecule has 0 aliphatic heterocycles. The van der Waals surface area contributed by atoms with E-state index in [1.807, 2.05) is 0 Å². The Kier molecular flexibility index (Phi) is 5.18. The number of aliphatic hydroxyl groups is 1. The molecule has 0 fully saturated rings. The molecule has 1 aromatic heterocycles. The van der Waals surface area contributed by atoms with Crippen LogP contribution in [0.5, 0.6) is 0 Å². The van der Waals surface area contributed by atoms with Crippen LogP contribution in [0.15, 0.2) is 17.5 Å². The predicted molar refractivity (Wildman–Crippen MR) is 59.8 cm³/mol. The van der Waals surface area contributed by atoms with E-state index in [9.17, 15) is 8.78 Å². The molecular formula is C9H13F2N5O2. The summed E-state index contributed by atoms with van der Waals surface area (Å²) in [7, 11) is 0. The van der Waals surface area contributed by atoms with Crippen LogP contribution < -0.4 is 10.6 Å². The van der Waals surface area contributed by atoms with Gasteiger partial charge in [-0.25, -0.2) is 18.7 Å². The van der Waals surface area contributed by atoms with E-state index in [1.165, 1.54) is 12.4 Å². The molecule has 0 atom stereocenters. The lowest BCUT2D eigenvalue weighted by molar-refractivity contribution is 0.152. The highest BCUT2D eigenvalue weighted by atomic mass is 19.3. The highest BCUT2D eigenvalue weighted by Crippen LogP contribution is 2.15. The predicted octanol–water partition coefficient (Wildman–Crippen LogP) is -0.365. The van der Waals surface area contributed by atoms with Gasteiger partial charge in [-0.3, -0.25) is 0 Å². The summed E-state index contributed by atoms with van der Waals surface area (Å²) in [5, 5.41) is 20.2. The van der Waals surface area contributed by atoms with Crippen LogP contribution in [0.4, 0.5) is 14.6 Å². The van der Waals surface area contributed by atoms with Crippen molar-refractivity contribution in [3.63, 3.8) is 0 Å². The van der Waals surface area contributed by atoms with Crippen molar-refractivity contribution in [1.29, 1.82) is 0 Å². The zero-order chi connectivity index (χ0) is 13.5. The second kappa shape index (κ2) is 6.64. The van der Waals surface area contributed by atoms with E-state index in [0.717, 1.165) is 4.90 Å². The van der Waals surface area contributed by atoms with Crippen LogP contribution in [0.3, 0.4) is 0 Å². The van der Waals surface area contributed by atoms with Gasteiger partial charge in [0.15, 0.2) is 17.3 Å². The molecule has 7 nitrogen and oxygen atoms in total. The largest absolute Gasteiger partial charge is 0.409 e. The van der Waals surface area contributed by atoms with Gasteiger partial charge < -0.3 is 20.9 Å². The molecule has 1 rings (SSSR count). The molecule has 0 amide bonds. The third kappa shape index (κ3) is 3.48. The first kappa shape index (κ1) is 14.0. The van der Waals surface area contributed by atoms with Crippen LogP contribution in [-0.2, 0) is 0 Å². The van der Waals surface area contributed by atoms with E-state index in [-0.39, 0.29) is 30.5 Å². The zero-order valence-electron chi connectivity index (χ0n) is 9.37. The van der Waals surface area contributed by atoms with Crippen molar-refractivity contribution in [1.82, 2.24) is 9.97 Å². The molecule has 0 aliphatic carbocycles. The minimum absolute atomic E-state index is 0.0194. The Bertz CT molecular complexity index is 416. The fourth-order valence-corrected chi connectivity index (χ4v) is 1.36. The molecule has 18 heavy (non-hydrogen) atoms. The molecule has 9 heteroatoms. The third-order valence-corrected chi connectivity index (χ3v) is 2.06. The van der Waals surface area contributed by atoms with Crippen LogP contribution in [-0.4, -0.2) is 52.2 Å². The van der Waals surface area contributed by atoms with Crippen LogP contribution in [0.2, 0.25) is 0 Å². The van der Waals surface area contributed by atoms with Crippen LogP contribution in [0, 0.1) is 0 Å². The first-order chi connectivity index (χ1) is 8.60. The maximum atomic E-state index is 12.4. The van der Waals surface area contributed by atoms with Crippen molar-refractivity contribution in [3.05, 3.63) is 18.1 Å². The van der Waals surface area contributed by atoms with Crippen molar-refractivity contribution in [2.45, 2.75) is 6.43 Å². The molecule has 0 spiro atoms. The SMILES string of the molecule is NC(=NO)c1nccnc1N(CCO)CC(F)F. The fraction of sp³-hybridized carbons (Fsp3) is 0.444. The molecule has 0 bridgehead atoms. The number of alkyl halides is 2. The molecule has 0 aromatic carbocycles. The number of nitrogens with zero attached hydrogens (tertiary/aromatic N) is 4. The van der Waals surface area contributed by atoms with Gasteiger partial charge in [0.2, 0.25) is 0 Å². The van der Waals surface area contributed by atoms with Gasteiger partial charge in [0, 0.05) is 18.9 Å². The van der Waals surface area contributed by atoms with E-state index in [2.05, 4.69) is 15.1 Å². The fourth-order valence-electron chi connectivity index (χ4n) is 1.36. The topological polar surface area (TPSA) is 108 Å². The van der Waals surface area contributed by atoms with Crippen molar-refractivity contribution >= 4 is 11.7 Å². The molecule has 0 saturated carbocycles. The van der Waals surface area contributed by atoms with E-state index in [0.29, 0.717) is 0 Å². The number of anilines is 1. The standard InChI is InChI=1S/C9H13F2N5O2/c10-6(11)5-16(3-4-17)9-7(8(12)15-18)13-1-2-14-9/h1-2,6,17-18H,3-5H2,(H2,12,15). The number of hydrogen-bond donors (Lipinski definition) is 3. The maximum absolute atomic E-state index is 12.4. The van der Waals surface area contributed by atoms with E-state index in [4.69, 9.17) is 16.0 Å². The molecule has 4 N–H and O–H groups in total. The zero-order valence-corrected chi connectivity index (χ0v) is 9.37. The first-order valence-corrected chi connectivity index (χ1v) is 5.03. The maximum Gasteiger partial charge on any atom is 0.255 e. The minimum Gasteiger partial charge on any atom is -0.409 e. The molecule has 1 aromatic rings. The summed E-state index contributed by atoms with van der Waals surface area (Å²) in [6.07, 6.45) is -0.0332. The molecule has 1 heterocycles. The van der Waals surface area contributed by atoms with Gasteiger partial charge in [-0.15, -0.1) is 0 Å². The van der Waals surface area contributed by atoms with E-state index < -0.39 is 13.0 Å². The van der Waals surface area contributed by atoms with Gasteiger partial charge >= 0.3 is 0 Å². The quantitative estimate of drug-likeness (QED) is 0.279. The summed E-state index contributed by atoms with van der Waals surface area (Å²) < 4.78 is 24.9. The monoisotopic (exact) mass is 261 g/mol. The Morgan fingerprint density at radius 2 is 2.11 bits per heavy atom. The highest BCUT2D eigenvalue weighted by molar-refractivity contribution is 5.99. The van der Waals surface area contributed by atoms with Crippen LogP contribution in [0.1, 0.15) is 5.69 Å². The minimum atomic E-state index is -2.61. The van der Waals surface area contributed by atoms with Crippen LogP contribution >= 0.6 is 0 Å². The second-order valence-electron chi connectivity index (χ2n) is 3.27. The Balaban J connectivity index is 3.10. The number of aromatic nitrogens is 2. The van der Waals surface area contributed by atoms with Crippen molar-refractivity contribution in [3.8, 4) is 0 Å². The average Bonchev–Trinajstić information content (AvgIpc) is 2.37. The number of oxime groups is 1. The van der Waals surface area contributed by atoms with E-state index in [1.54, 1.807) is 0 Å². The first-order valence-electron chi connectivity index (χ1n) is 5.03. The highest BCUT2D eigenvalue weighted by Gasteiger charge is 2.19. The smallest absolute Gasteiger partial charge is 0.255 e. The third-order valence-electron chi connectivity index (χ3n) is 2.06. The Morgan fingerprint density at radius 1 is 1.44 bits per heavy atom. The molecule has 0 unspecified atom stereocenters. The Labute approximate surface area is 102 Å². The summed E-state index contributed by atoms with van der Waals surface area (Å²) >= 11 is 0. The van der Waals surface area contributed by atoms with Gasteiger partial charge in [0.25, 0.3) is 6.43 Å². The molecular weight excluding hydrogens is 248 g/mol. The second-order valence-corrected chi connectivity index (χ2v) is 3.27. The number of amidine groups is 1. The van der Waals surface area contributed by atoms with Crippen molar-refractivity contribution in [2.24, 2.45) is 10.9 Å². The summed E-state index contributed by atoms with van der Waals surface area (Å²) in [6, 6.07) is 0. The number of halogens is 2. The molecule has 0 radical (unpaired) electrons. The van der Waals surface area contributed by atoms with Crippen molar-refractivity contribution < 1.29 is 19.1 Å². The number of hydrogen-bond acceptors (Lipinski definition) is 6. The van der Waals surface area contributed by atoms with Crippen LogP contribution in [0.25, 0.3) is 0 Å². The van der Waals surface area contributed by atoms with Gasteiger partial charge in [-0.2, -0.15) is 0 Å². The van der Waals surface area contributed by atoms with Gasteiger partial charge in [0.1, 0.15) is 0 Å². The molecule has 100 valence electrons. The number of rotatable bonds is 6. The molecule has 0 aliphatic rings. The lowest BCUT2D eigenvalue weighted by atomic mass is 10.3. The summed E-state index contributed by atoms with van der Waals surface area (Å²) in [4.78, 5) is 8.80. The molecule has 0 saturated heterocycles. The number of nitrogens with two attached hydrogens (primary N) is 1. The normalized spacial score (nSPS) is 11.9. The lowest BCUT2D eigenvalue weighted by Gasteiger charge is -2.23.